The van der Waals surface area contributed by atoms with Crippen molar-refractivity contribution in [2.24, 2.45) is 7.05 Å². The number of aromatic nitrogens is 3. The number of aliphatic hydroxyl groups is 1. The number of ether oxygens (including phenoxy) is 1. The fourth-order valence-electron chi connectivity index (χ4n) is 7.96. The van der Waals surface area contributed by atoms with Crippen molar-refractivity contribution in [2.75, 3.05) is 7.11 Å². The first-order valence-electron chi connectivity index (χ1n) is 13.8. The van der Waals surface area contributed by atoms with Crippen LogP contribution in [-0.4, -0.2) is 27.6 Å². The first-order valence-corrected chi connectivity index (χ1v) is 13.8. The highest BCUT2D eigenvalue weighted by molar-refractivity contribution is 6.18. The van der Waals surface area contributed by atoms with Gasteiger partial charge in [-0.15, -0.1) is 0 Å². The number of rotatable bonds is 2. The van der Waals surface area contributed by atoms with Gasteiger partial charge in [0.1, 0.15) is 10.9 Å². The Morgan fingerprint density at radius 3 is 2.23 bits per heavy atom. The summed E-state index contributed by atoms with van der Waals surface area (Å²) in [6, 6.07) is 26.0. The van der Waals surface area contributed by atoms with E-state index < -0.39 is 16.7 Å². The van der Waals surface area contributed by atoms with E-state index in [1.165, 1.54) is 21.7 Å². The van der Waals surface area contributed by atoms with Gasteiger partial charge in [0, 0.05) is 25.1 Å². The van der Waals surface area contributed by atoms with Gasteiger partial charge in [0.15, 0.2) is 11.2 Å². The summed E-state index contributed by atoms with van der Waals surface area (Å²) in [5, 5.41) is 18.1. The maximum atomic E-state index is 12.2. The highest BCUT2D eigenvalue weighted by Crippen LogP contribution is 2.72. The highest BCUT2D eigenvalue weighted by atomic mass is 16.6. The molecule has 3 heterocycles. The maximum absolute atomic E-state index is 12.2. The van der Waals surface area contributed by atoms with Gasteiger partial charge in [-0.1, -0.05) is 68.4 Å². The highest BCUT2D eigenvalue weighted by Gasteiger charge is 2.91. The zero-order chi connectivity index (χ0) is 27.1. The van der Waals surface area contributed by atoms with E-state index in [1.54, 1.807) is 7.11 Å². The van der Waals surface area contributed by atoms with E-state index in [0.717, 1.165) is 44.5 Å². The number of methoxy groups -OCH3 is 1. The monoisotopic (exact) mass is 514 g/mol. The Balaban J connectivity index is 1.66. The third-order valence-corrected chi connectivity index (χ3v) is 10.1. The summed E-state index contributed by atoms with van der Waals surface area (Å²) < 4.78 is 10.7. The Hall–Kier alpha value is -3.80. The molecule has 3 unspecified atom stereocenters. The zero-order valence-corrected chi connectivity index (χ0v) is 23.2. The Bertz CT molecular complexity index is 2060. The van der Waals surface area contributed by atoms with Crippen LogP contribution < -0.4 is 4.57 Å². The molecule has 1 aliphatic carbocycles. The standard InChI is InChI=1S/C34H32N3O2/c1-19(2)31-35-27-24-16-15-20-11-9-10-14-23(20)28(24)36(5)30(27)29-25-17-21-12-7-8-13-22(21)18-26(25)32(3)33(4,37(29)31)34(32,38)39-6/h7-19,38H,1-6H3/q+1. The Labute approximate surface area is 227 Å². The predicted octanol–water partition coefficient (Wildman–Crippen LogP) is 6.45. The number of hydrogen-bond donors (Lipinski definition) is 1. The van der Waals surface area contributed by atoms with Crippen LogP contribution in [0.5, 0.6) is 0 Å². The number of nitrogens with zero attached hydrogens (tertiary/aromatic N) is 3. The molecule has 4 aromatic carbocycles. The van der Waals surface area contributed by atoms with Gasteiger partial charge in [0.2, 0.25) is 11.3 Å². The smallest absolute Gasteiger partial charge is 0.302 e. The molecule has 2 aliphatic rings. The van der Waals surface area contributed by atoms with Crippen LogP contribution in [0.15, 0.2) is 72.8 Å². The van der Waals surface area contributed by atoms with Gasteiger partial charge in [-0.2, -0.15) is 0 Å². The fraction of sp³-hybridized carbons (Fsp3) is 0.294. The van der Waals surface area contributed by atoms with Crippen LogP contribution in [0.2, 0.25) is 0 Å². The maximum Gasteiger partial charge on any atom is 0.302 e. The summed E-state index contributed by atoms with van der Waals surface area (Å²) in [4.78, 5) is 5.41. The molecule has 1 saturated carbocycles. The molecule has 1 aliphatic heterocycles. The normalized spacial score (nSPS) is 25.4. The first-order chi connectivity index (χ1) is 18.7. The lowest BCUT2D eigenvalue weighted by molar-refractivity contribution is -0.750. The summed E-state index contributed by atoms with van der Waals surface area (Å²) in [7, 11) is 3.78. The van der Waals surface area contributed by atoms with Crippen LogP contribution in [0, 0.1) is 0 Å². The predicted molar refractivity (Wildman–Crippen MR) is 156 cm³/mol. The molecule has 1 N–H and O–H groups in total. The summed E-state index contributed by atoms with van der Waals surface area (Å²) >= 11 is 0. The van der Waals surface area contributed by atoms with Gasteiger partial charge in [0.05, 0.1) is 16.8 Å². The van der Waals surface area contributed by atoms with Crippen molar-refractivity contribution in [1.82, 2.24) is 9.55 Å². The molecule has 39 heavy (non-hydrogen) atoms. The van der Waals surface area contributed by atoms with E-state index in [1.807, 2.05) is 0 Å². The van der Waals surface area contributed by atoms with E-state index in [-0.39, 0.29) is 5.92 Å². The quantitative estimate of drug-likeness (QED) is 0.214. The van der Waals surface area contributed by atoms with Crippen molar-refractivity contribution < 1.29 is 14.4 Å². The minimum Gasteiger partial charge on any atom is -0.361 e. The second-order valence-corrected chi connectivity index (χ2v) is 12.0. The minimum atomic E-state index is -1.39. The van der Waals surface area contributed by atoms with Crippen molar-refractivity contribution in [3.63, 3.8) is 0 Å². The fourth-order valence-corrected chi connectivity index (χ4v) is 7.96. The number of benzene rings is 4. The molecular formula is C34H32N3O2+. The summed E-state index contributed by atoms with van der Waals surface area (Å²) in [5.74, 6) is -0.295. The molecule has 8 rings (SSSR count). The number of hydrogen-bond acceptors (Lipinski definition) is 3. The molecule has 194 valence electrons. The van der Waals surface area contributed by atoms with Crippen molar-refractivity contribution in [1.29, 1.82) is 0 Å². The molecule has 0 bridgehead atoms. The Morgan fingerprint density at radius 1 is 0.872 bits per heavy atom. The van der Waals surface area contributed by atoms with Crippen LogP contribution in [-0.2, 0) is 22.7 Å². The Kier molecular flexibility index (Phi) is 4.17. The molecule has 0 saturated heterocycles. The van der Waals surface area contributed by atoms with Crippen LogP contribution >= 0.6 is 0 Å². The van der Waals surface area contributed by atoms with Crippen LogP contribution in [0.1, 0.15) is 45.0 Å². The molecule has 1 fully saturated rings. The van der Waals surface area contributed by atoms with E-state index >= 15 is 0 Å². The molecule has 0 radical (unpaired) electrons. The van der Waals surface area contributed by atoms with Crippen molar-refractivity contribution >= 4 is 43.5 Å². The SMILES string of the molecule is COC1(O)C2(C)c3cc4ccccc4cc3-c3c4c(nc(C(C)C)[n+]3C12C)c1ccc2ccccc2c1n4C. The van der Waals surface area contributed by atoms with Crippen LogP contribution in [0.25, 0.3) is 54.7 Å². The lowest BCUT2D eigenvalue weighted by Crippen LogP contribution is -2.58. The largest absolute Gasteiger partial charge is 0.361 e. The second kappa shape index (κ2) is 7.04. The molecule has 2 aromatic heterocycles. The van der Waals surface area contributed by atoms with Crippen molar-refractivity contribution in [2.45, 2.75) is 50.4 Å². The average molecular weight is 515 g/mol. The third-order valence-electron chi connectivity index (χ3n) is 10.1. The summed E-state index contributed by atoms with van der Waals surface area (Å²) in [6.45, 7) is 8.65. The number of fused-ring (bicyclic) bond motifs is 13. The molecule has 3 atom stereocenters. The van der Waals surface area contributed by atoms with Gasteiger partial charge in [0.25, 0.3) is 0 Å². The third kappa shape index (κ3) is 2.34. The van der Waals surface area contributed by atoms with E-state index in [4.69, 9.17) is 9.72 Å². The van der Waals surface area contributed by atoms with Crippen molar-refractivity contribution in [3.05, 3.63) is 84.2 Å². The van der Waals surface area contributed by atoms with E-state index in [2.05, 4.69) is 117 Å². The molecule has 0 amide bonds. The van der Waals surface area contributed by atoms with Crippen LogP contribution in [0.3, 0.4) is 0 Å². The molecule has 5 heteroatoms. The summed E-state index contributed by atoms with van der Waals surface area (Å²) in [5.41, 5.74) is 5.22. The van der Waals surface area contributed by atoms with Crippen LogP contribution in [0.4, 0.5) is 0 Å². The first kappa shape index (κ1) is 23.1. The zero-order valence-electron chi connectivity index (χ0n) is 23.2. The summed E-state index contributed by atoms with van der Waals surface area (Å²) in [6.07, 6.45) is 0. The molecular weight excluding hydrogens is 482 g/mol. The second-order valence-electron chi connectivity index (χ2n) is 12.0. The lowest BCUT2D eigenvalue weighted by atomic mass is 9.82. The van der Waals surface area contributed by atoms with E-state index in [9.17, 15) is 5.11 Å². The van der Waals surface area contributed by atoms with Gasteiger partial charge >= 0.3 is 5.82 Å². The topological polar surface area (TPSA) is 51.2 Å². The average Bonchev–Trinajstić information content (AvgIpc) is 3.19. The molecule has 5 nitrogen and oxygen atoms in total. The number of aryl methyl sites for hydroxylation is 1. The van der Waals surface area contributed by atoms with Gasteiger partial charge in [-0.05, 0) is 58.8 Å². The van der Waals surface area contributed by atoms with E-state index in [0.29, 0.717) is 0 Å². The minimum absolute atomic E-state index is 0.133. The van der Waals surface area contributed by atoms with Gasteiger partial charge in [-0.25, -0.2) is 4.57 Å². The van der Waals surface area contributed by atoms with Gasteiger partial charge < -0.3 is 14.4 Å². The van der Waals surface area contributed by atoms with Crippen molar-refractivity contribution in [3.8, 4) is 11.3 Å². The Morgan fingerprint density at radius 2 is 1.54 bits per heavy atom. The molecule has 6 aromatic rings. The van der Waals surface area contributed by atoms with Gasteiger partial charge in [-0.3, -0.25) is 0 Å². The molecule has 0 spiro atoms. The lowest BCUT2D eigenvalue weighted by Gasteiger charge is -2.29.